The molecular formula is C26H23N9O2. The molecule has 0 saturated heterocycles. The first-order valence-electron chi connectivity index (χ1n) is 11.7. The molecule has 0 spiro atoms. The number of nitriles is 1. The van der Waals surface area contributed by atoms with E-state index in [0.717, 1.165) is 11.3 Å². The zero-order valence-electron chi connectivity index (χ0n) is 20.0. The summed E-state index contributed by atoms with van der Waals surface area (Å²) in [6.45, 7) is 9.31. The molecule has 1 fully saturated rings. The van der Waals surface area contributed by atoms with Gasteiger partial charge in [-0.3, -0.25) is 9.48 Å². The maximum absolute atomic E-state index is 12.4. The lowest BCUT2D eigenvalue weighted by Gasteiger charge is -2.40. The summed E-state index contributed by atoms with van der Waals surface area (Å²) < 4.78 is 6.81. The lowest BCUT2D eigenvalue weighted by molar-refractivity contribution is 0.0950. The van der Waals surface area contributed by atoms with Gasteiger partial charge in [0.1, 0.15) is 11.5 Å². The van der Waals surface area contributed by atoms with Crippen molar-refractivity contribution in [2.75, 3.05) is 5.32 Å². The van der Waals surface area contributed by atoms with Crippen LogP contribution in [0.5, 0.6) is 0 Å². The number of aryl methyl sites for hydroxylation is 1. The molecule has 0 bridgehead atoms. The second kappa shape index (κ2) is 9.91. The van der Waals surface area contributed by atoms with Gasteiger partial charge in [0.25, 0.3) is 5.91 Å². The molecule has 1 aromatic carbocycles. The van der Waals surface area contributed by atoms with E-state index in [1.807, 2.05) is 6.20 Å². The SMILES string of the molecule is [C-]#[N+]C1CC(CC#N)(n2cc(-c3ccnc(Nc4ccc(C(=O)NCc5cc(C)on5)cc4)n3)cn2)C1. The molecule has 4 aromatic rings. The second-order valence-electron chi connectivity index (χ2n) is 9.00. The summed E-state index contributed by atoms with van der Waals surface area (Å²) in [5, 5.41) is 23.6. The molecule has 184 valence electrons. The van der Waals surface area contributed by atoms with Gasteiger partial charge in [0.2, 0.25) is 12.0 Å². The van der Waals surface area contributed by atoms with Gasteiger partial charge >= 0.3 is 0 Å². The molecule has 0 aliphatic heterocycles. The number of benzene rings is 1. The highest BCUT2D eigenvalue weighted by Crippen LogP contribution is 2.44. The predicted molar refractivity (Wildman–Crippen MR) is 133 cm³/mol. The van der Waals surface area contributed by atoms with E-state index in [-0.39, 0.29) is 18.5 Å². The number of rotatable bonds is 8. The lowest BCUT2D eigenvalue weighted by atomic mass is 9.71. The van der Waals surface area contributed by atoms with Crippen LogP contribution >= 0.6 is 0 Å². The molecule has 0 unspecified atom stereocenters. The smallest absolute Gasteiger partial charge is 0.251 e. The molecule has 2 N–H and O–H groups in total. The van der Waals surface area contributed by atoms with E-state index in [4.69, 9.17) is 11.1 Å². The minimum atomic E-state index is -0.432. The Kier molecular flexibility index (Phi) is 6.35. The number of hydrogen-bond donors (Lipinski definition) is 2. The van der Waals surface area contributed by atoms with Crippen LogP contribution < -0.4 is 10.6 Å². The fraction of sp³-hybridized carbons (Fsp3) is 0.269. The van der Waals surface area contributed by atoms with Crippen molar-refractivity contribution in [1.82, 2.24) is 30.2 Å². The summed E-state index contributed by atoms with van der Waals surface area (Å²) in [4.78, 5) is 24.9. The van der Waals surface area contributed by atoms with Crippen LogP contribution in [0.3, 0.4) is 0 Å². The van der Waals surface area contributed by atoms with Crippen molar-refractivity contribution in [3.05, 3.63) is 83.4 Å². The van der Waals surface area contributed by atoms with Crippen molar-refractivity contribution in [3.8, 4) is 17.3 Å². The van der Waals surface area contributed by atoms with Crippen molar-refractivity contribution in [2.45, 2.75) is 44.3 Å². The Labute approximate surface area is 213 Å². The van der Waals surface area contributed by atoms with Crippen molar-refractivity contribution >= 4 is 17.5 Å². The van der Waals surface area contributed by atoms with Crippen LogP contribution in [-0.2, 0) is 12.1 Å². The van der Waals surface area contributed by atoms with Gasteiger partial charge in [-0.25, -0.2) is 16.5 Å². The van der Waals surface area contributed by atoms with Crippen LogP contribution in [0.1, 0.15) is 41.1 Å². The van der Waals surface area contributed by atoms with E-state index in [9.17, 15) is 10.1 Å². The standard InChI is InChI=1S/C26H23N9O2/c1-17-11-21(34-37-17)15-30-24(36)18-3-5-20(6-4-18)32-25-29-10-7-23(33-25)19-14-31-35(16-19)26(8-9-27)12-22(13-26)28-2/h3-7,10-11,14,16,22H,8,12-13,15H2,1H3,(H,30,36)(H,29,32,33). The maximum atomic E-state index is 12.4. The minimum absolute atomic E-state index is 0.0639. The number of hydrogen-bond acceptors (Lipinski definition) is 8. The lowest BCUT2D eigenvalue weighted by Crippen LogP contribution is -2.48. The van der Waals surface area contributed by atoms with E-state index < -0.39 is 5.54 Å². The highest BCUT2D eigenvalue weighted by Gasteiger charge is 2.50. The van der Waals surface area contributed by atoms with Crippen molar-refractivity contribution in [2.24, 2.45) is 0 Å². The summed E-state index contributed by atoms with van der Waals surface area (Å²) in [7, 11) is 0. The van der Waals surface area contributed by atoms with Crippen molar-refractivity contribution in [1.29, 1.82) is 5.26 Å². The Morgan fingerprint density at radius 2 is 2.14 bits per heavy atom. The Morgan fingerprint density at radius 1 is 1.32 bits per heavy atom. The molecule has 11 nitrogen and oxygen atoms in total. The molecule has 37 heavy (non-hydrogen) atoms. The van der Waals surface area contributed by atoms with Gasteiger partial charge in [0.05, 0.1) is 36.5 Å². The van der Waals surface area contributed by atoms with Crippen LogP contribution in [0, 0.1) is 24.8 Å². The van der Waals surface area contributed by atoms with E-state index in [1.165, 1.54) is 0 Å². The summed E-state index contributed by atoms with van der Waals surface area (Å²) in [6, 6.07) is 12.7. The topological polar surface area (TPSA) is 139 Å². The molecule has 0 radical (unpaired) electrons. The summed E-state index contributed by atoms with van der Waals surface area (Å²) in [5.74, 6) is 0.869. The van der Waals surface area contributed by atoms with E-state index in [1.54, 1.807) is 60.4 Å². The number of aromatic nitrogens is 5. The Bertz CT molecular complexity index is 1500. The van der Waals surface area contributed by atoms with E-state index >= 15 is 0 Å². The van der Waals surface area contributed by atoms with E-state index in [2.05, 4.69) is 41.8 Å². The van der Waals surface area contributed by atoms with Gasteiger partial charge in [-0.1, -0.05) is 5.16 Å². The number of anilines is 2. The molecule has 1 aliphatic carbocycles. The molecule has 5 rings (SSSR count). The number of carbonyl (C=O) groups excluding carboxylic acids is 1. The second-order valence-corrected chi connectivity index (χ2v) is 9.00. The summed E-state index contributed by atoms with van der Waals surface area (Å²) in [6.07, 6.45) is 6.79. The first-order valence-corrected chi connectivity index (χ1v) is 11.7. The largest absolute Gasteiger partial charge is 0.361 e. The van der Waals surface area contributed by atoms with Crippen LogP contribution in [0.2, 0.25) is 0 Å². The first-order chi connectivity index (χ1) is 18.0. The van der Waals surface area contributed by atoms with Gasteiger partial charge in [-0.15, -0.1) is 0 Å². The Morgan fingerprint density at radius 3 is 2.84 bits per heavy atom. The van der Waals surface area contributed by atoms with Crippen LogP contribution in [-0.4, -0.2) is 36.9 Å². The van der Waals surface area contributed by atoms with Crippen LogP contribution in [0.15, 0.2) is 59.5 Å². The van der Waals surface area contributed by atoms with Crippen LogP contribution in [0.4, 0.5) is 11.6 Å². The van der Waals surface area contributed by atoms with Gasteiger partial charge in [-0.2, -0.15) is 10.4 Å². The van der Waals surface area contributed by atoms with Gasteiger partial charge < -0.3 is 20.0 Å². The molecular weight excluding hydrogens is 470 g/mol. The fourth-order valence-electron chi connectivity index (χ4n) is 4.37. The summed E-state index contributed by atoms with van der Waals surface area (Å²) >= 11 is 0. The third-order valence-electron chi connectivity index (χ3n) is 6.35. The van der Waals surface area contributed by atoms with Gasteiger partial charge in [-0.05, 0) is 37.3 Å². The summed E-state index contributed by atoms with van der Waals surface area (Å²) in [5.41, 5.74) is 2.93. The molecule has 1 aliphatic rings. The highest BCUT2D eigenvalue weighted by molar-refractivity contribution is 5.94. The maximum Gasteiger partial charge on any atom is 0.251 e. The number of nitrogens with one attached hydrogen (secondary N) is 2. The fourth-order valence-corrected chi connectivity index (χ4v) is 4.37. The van der Waals surface area contributed by atoms with Crippen molar-refractivity contribution < 1.29 is 9.32 Å². The number of amides is 1. The normalized spacial score (nSPS) is 18.3. The quantitative estimate of drug-likeness (QED) is 0.351. The highest BCUT2D eigenvalue weighted by atomic mass is 16.5. The Balaban J connectivity index is 1.24. The minimum Gasteiger partial charge on any atom is -0.361 e. The third-order valence-corrected chi connectivity index (χ3v) is 6.35. The first kappa shape index (κ1) is 23.7. The molecule has 1 saturated carbocycles. The molecule has 3 heterocycles. The monoisotopic (exact) mass is 493 g/mol. The van der Waals surface area contributed by atoms with Crippen LogP contribution in [0.25, 0.3) is 16.1 Å². The average Bonchev–Trinajstić information content (AvgIpc) is 3.55. The number of nitrogens with zero attached hydrogens (tertiary/aromatic N) is 7. The molecule has 11 heteroatoms. The zero-order valence-corrected chi connectivity index (χ0v) is 20.0. The zero-order chi connectivity index (χ0) is 25.8. The molecule has 1 amide bonds. The number of carbonyl (C=O) groups is 1. The third kappa shape index (κ3) is 5.02. The van der Waals surface area contributed by atoms with Gasteiger partial charge in [0.15, 0.2) is 0 Å². The average molecular weight is 494 g/mol. The van der Waals surface area contributed by atoms with E-state index in [0.29, 0.717) is 47.9 Å². The Hall–Kier alpha value is -5.03. The predicted octanol–water partition coefficient (Wildman–Crippen LogP) is 4.00. The molecule has 3 aromatic heterocycles. The van der Waals surface area contributed by atoms with Gasteiger partial charge in [0, 0.05) is 48.1 Å². The van der Waals surface area contributed by atoms with Crippen molar-refractivity contribution in [3.63, 3.8) is 0 Å². The molecule has 0 atom stereocenters.